The van der Waals surface area contributed by atoms with E-state index < -0.39 is 6.10 Å². The normalized spacial score (nSPS) is 18.4. The number of hydrogen-bond donors (Lipinski definition) is 1. The zero-order valence-corrected chi connectivity index (χ0v) is 11.8. The fraction of sp³-hybridized carbons (Fsp3) is 0.636. The summed E-state index contributed by atoms with van der Waals surface area (Å²) in [4.78, 5) is 13.5. The molecule has 100 valence electrons. The molecule has 0 bridgehead atoms. The van der Waals surface area contributed by atoms with Crippen LogP contribution in [0.1, 0.15) is 24.3 Å². The van der Waals surface area contributed by atoms with Crippen LogP contribution in [0.3, 0.4) is 0 Å². The number of hydrogen-bond acceptors (Lipinski definition) is 6. The Labute approximate surface area is 114 Å². The van der Waals surface area contributed by atoms with E-state index in [-0.39, 0.29) is 10.6 Å². The van der Waals surface area contributed by atoms with Crippen LogP contribution in [0.15, 0.2) is 6.07 Å². The Morgan fingerprint density at radius 2 is 2.28 bits per heavy atom. The van der Waals surface area contributed by atoms with E-state index in [0.29, 0.717) is 9.88 Å². The summed E-state index contributed by atoms with van der Waals surface area (Å²) >= 11 is 3.22. The summed E-state index contributed by atoms with van der Waals surface area (Å²) in [5, 5.41) is 21.3. The second kappa shape index (κ2) is 5.90. The van der Waals surface area contributed by atoms with Crippen molar-refractivity contribution in [2.75, 3.05) is 29.5 Å². The molecule has 1 fully saturated rings. The van der Waals surface area contributed by atoms with Crippen molar-refractivity contribution < 1.29 is 10.0 Å². The minimum Gasteiger partial charge on any atom is -0.388 e. The van der Waals surface area contributed by atoms with E-state index in [9.17, 15) is 15.2 Å². The molecular formula is C11H16N2O3S2. The Bertz CT molecular complexity index is 426. The molecule has 0 aliphatic carbocycles. The molecule has 0 saturated carbocycles. The molecule has 18 heavy (non-hydrogen) atoms. The number of rotatable bonds is 3. The second-order valence-corrected chi connectivity index (χ2v) is 6.51. The van der Waals surface area contributed by atoms with Gasteiger partial charge in [0.2, 0.25) is 0 Å². The molecule has 1 N–H and O–H groups in total. The van der Waals surface area contributed by atoms with Gasteiger partial charge in [0.1, 0.15) is 0 Å². The summed E-state index contributed by atoms with van der Waals surface area (Å²) in [5.41, 5.74) is 0.128. The number of nitrogens with zero attached hydrogens (tertiary/aromatic N) is 2. The first kappa shape index (κ1) is 13.6. The first-order valence-electron chi connectivity index (χ1n) is 5.88. The Morgan fingerprint density at radius 3 is 2.94 bits per heavy atom. The van der Waals surface area contributed by atoms with E-state index >= 15 is 0 Å². The smallest absolute Gasteiger partial charge is 0.304 e. The minimum atomic E-state index is -0.649. The number of thiophene rings is 1. The molecule has 1 saturated heterocycles. The molecule has 1 aliphatic heterocycles. The lowest BCUT2D eigenvalue weighted by atomic mass is 10.3. The molecule has 1 atom stereocenters. The van der Waals surface area contributed by atoms with Crippen molar-refractivity contribution in [3.05, 3.63) is 21.1 Å². The molecule has 2 rings (SSSR count). The van der Waals surface area contributed by atoms with Gasteiger partial charge < -0.3 is 10.0 Å². The summed E-state index contributed by atoms with van der Waals surface area (Å²) in [7, 11) is 0. The Kier molecular flexibility index (Phi) is 4.47. The number of aliphatic hydroxyl groups is 1. The number of thioether (sulfide) groups is 1. The van der Waals surface area contributed by atoms with Crippen LogP contribution in [0.25, 0.3) is 0 Å². The van der Waals surface area contributed by atoms with Gasteiger partial charge in [0.25, 0.3) is 0 Å². The lowest BCUT2D eigenvalue weighted by molar-refractivity contribution is -0.383. The maximum absolute atomic E-state index is 11.1. The molecule has 1 aliphatic rings. The molecular weight excluding hydrogens is 272 g/mol. The Balaban J connectivity index is 2.31. The van der Waals surface area contributed by atoms with Crippen molar-refractivity contribution in [3.8, 4) is 0 Å². The maximum atomic E-state index is 11.1. The number of nitro groups is 1. The highest BCUT2D eigenvalue weighted by Gasteiger charge is 2.25. The van der Waals surface area contributed by atoms with Crippen molar-refractivity contribution in [2.45, 2.75) is 19.4 Å². The second-order valence-electron chi connectivity index (χ2n) is 4.23. The van der Waals surface area contributed by atoms with Crippen LogP contribution in [0.5, 0.6) is 0 Å². The van der Waals surface area contributed by atoms with E-state index in [1.165, 1.54) is 17.4 Å². The van der Waals surface area contributed by atoms with Crippen molar-refractivity contribution in [1.82, 2.24) is 0 Å². The zero-order chi connectivity index (χ0) is 13.1. The molecule has 1 aromatic heterocycles. The fourth-order valence-corrected chi connectivity index (χ4v) is 3.90. The van der Waals surface area contributed by atoms with Crippen molar-refractivity contribution in [2.24, 2.45) is 0 Å². The van der Waals surface area contributed by atoms with Crippen LogP contribution >= 0.6 is 23.1 Å². The third kappa shape index (κ3) is 2.96. The van der Waals surface area contributed by atoms with E-state index in [1.807, 2.05) is 11.8 Å². The summed E-state index contributed by atoms with van der Waals surface area (Å²) < 4.78 is 0. The molecule has 0 aromatic carbocycles. The van der Waals surface area contributed by atoms with Crippen molar-refractivity contribution >= 4 is 33.8 Å². The van der Waals surface area contributed by atoms with E-state index in [0.717, 1.165) is 31.0 Å². The Hall–Kier alpha value is -0.790. The van der Waals surface area contributed by atoms with Crippen LogP contribution in [-0.4, -0.2) is 34.6 Å². The van der Waals surface area contributed by atoms with Gasteiger partial charge in [-0.25, -0.2) is 0 Å². The maximum Gasteiger partial charge on any atom is 0.304 e. The third-order valence-corrected chi connectivity index (χ3v) is 5.23. The van der Waals surface area contributed by atoms with Gasteiger partial charge in [-0.15, -0.1) is 11.3 Å². The molecule has 5 nitrogen and oxygen atoms in total. The number of anilines is 1. The zero-order valence-electron chi connectivity index (χ0n) is 10.2. The minimum absolute atomic E-state index is 0.128. The summed E-state index contributed by atoms with van der Waals surface area (Å²) in [6, 6.07) is 1.50. The SMILES string of the molecule is C[C@@H](O)c1cc([N+](=O)[O-])c(N2CCCSCC2)s1. The van der Waals surface area contributed by atoms with Crippen molar-refractivity contribution in [3.63, 3.8) is 0 Å². The molecule has 0 amide bonds. The van der Waals surface area contributed by atoms with Gasteiger partial charge in [-0.3, -0.25) is 10.1 Å². The highest BCUT2D eigenvalue weighted by molar-refractivity contribution is 7.99. The van der Waals surface area contributed by atoms with E-state index in [4.69, 9.17) is 0 Å². The van der Waals surface area contributed by atoms with Crippen molar-refractivity contribution in [1.29, 1.82) is 0 Å². The first-order valence-corrected chi connectivity index (χ1v) is 7.85. The Morgan fingerprint density at radius 1 is 1.50 bits per heavy atom. The average molecular weight is 288 g/mol. The van der Waals surface area contributed by atoms with Crippen LogP contribution in [0, 0.1) is 10.1 Å². The van der Waals surface area contributed by atoms with Gasteiger partial charge in [0.05, 0.1) is 11.0 Å². The highest BCUT2D eigenvalue weighted by atomic mass is 32.2. The standard InChI is InChI=1S/C11H16N2O3S2/c1-8(14)10-7-9(13(15)16)11(18-10)12-3-2-5-17-6-4-12/h7-8,14H,2-6H2,1H3/t8-/m1/s1. The van der Waals surface area contributed by atoms with E-state index in [2.05, 4.69) is 4.90 Å². The topological polar surface area (TPSA) is 66.6 Å². The predicted molar refractivity (Wildman–Crippen MR) is 75.8 cm³/mol. The monoisotopic (exact) mass is 288 g/mol. The summed E-state index contributed by atoms with van der Waals surface area (Å²) in [6.07, 6.45) is 0.396. The van der Waals surface area contributed by atoms with Gasteiger partial charge in [0.15, 0.2) is 5.00 Å². The molecule has 0 radical (unpaired) electrons. The largest absolute Gasteiger partial charge is 0.388 e. The molecule has 0 spiro atoms. The van der Waals surface area contributed by atoms with Crippen LogP contribution in [-0.2, 0) is 0 Å². The lowest BCUT2D eigenvalue weighted by Crippen LogP contribution is -2.25. The van der Waals surface area contributed by atoms with Crippen LogP contribution < -0.4 is 4.90 Å². The summed E-state index contributed by atoms with van der Waals surface area (Å²) in [6.45, 7) is 3.33. The third-order valence-electron chi connectivity index (χ3n) is 2.83. The number of aliphatic hydroxyl groups excluding tert-OH is 1. The first-order chi connectivity index (χ1) is 8.59. The summed E-state index contributed by atoms with van der Waals surface area (Å²) in [5.74, 6) is 2.11. The van der Waals surface area contributed by atoms with Gasteiger partial charge in [-0.2, -0.15) is 11.8 Å². The lowest BCUT2D eigenvalue weighted by Gasteiger charge is -2.19. The molecule has 0 unspecified atom stereocenters. The van der Waals surface area contributed by atoms with Gasteiger partial charge in [-0.05, 0) is 19.1 Å². The molecule has 2 heterocycles. The van der Waals surface area contributed by atoms with Crippen LogP contribution in [0.4, 0.5) is 10.7 Å². The van der Waals surface area contributed by atoms with Gasteiger partial charge >= 0.3 is 5.69 Å². The van der Waals surface area contributed by atoms with Gasteiger partial charge in [-0.1, -0.05) is 0 Å². The van der Waals surface area contributed by atoms with Crippen LogP contribution in [0.2, 0.25) is 0 Å². The quantitative estimate of drug-likeness (QED) is 0.684. The van der Waals surface area contributed by atoms with Gasteiger partial charge in [0, 0.05) is 29.8 Å². The van der Waals surface area contributed by atoms with E-state index in [1.54, 1.807) is 6.92 Å². The molecule has 7 heteroatoms. The highest BCUT2D eigenvalue weighted by Crippen LogP contribution is 2.40. The average Bonchev–Trinajstić information content (AvgIpc) is 2.59. The fourth-order valence-electron chi connectivity index (χ4n) is 1.90. The predicted octanol–water partition coefficient (Wildman–Crippen LogP) is 2.65. The molecule has 1 aromatic rings.